The van der Waals surface area contributed by atoms with Crippen LogP contribution in [0, 0.1) is 5.92 Å². The van der Waals surface area contributed by atoms with Gasteiger partial charge in [-0.15, -0.1) is 0 Å². The topological polar surface area (TPSA) is 29.3 Å². The summed E-state index contributed by atoms with van der Waals surface area (Å²) in [5.74, 6) is 0.719. The van der Waals surface area contributed by atoms with Crippen molar-refractivity contribution >= 4 is 23.0 Å². The third-order valence-electron chi connectivity index (χ3n) is 3.24. The summed E-state index contributed by atoms with van der Waals surface area (Å²) in [5, 5.41) is 0.768. The minimum Gasteiger partial charge on any atom is -0.397 e. The highest BCUT2D eigenvalue weighted by molar-refractivity contribution is 6.31. The second-order valence-electron chi connectivity index (χ2n) is 5.31. The number of nitrogens with two attached hydrogens (primary N) is 1. The van der Waals surface area contributed by atoms with Gasteiger partial charge in [0.15, 0.2) is 0 Å². The molecule has 1 saturated carbocycles. The molecule has 1 aromatic carbocycles. The number of rotatable bonds is 5. The zero-order chi connectivity index (χ0) is 12.4. The van der Waals surface area contributed by atoms with Gasteiger partial charge in [-0.1, -0.05) is 25.4 Å². The first-order valence-corrected chi connectivity index (χ1v) is 6.77. The number of halogens is 1. The van der Waals surface area contributed by atoms with Crippen LogP contribution in [0.3, 0.4) is 0 Å². The number of nitrogen functional groups attached to an aromatic ring is 1. The predicted molar refractivity (Wildman–Crippen MR) is 75.7 cm³/mol. The van der Waals surface area contributed by atoms with Crippen molar-refractivity contribution in [2.45, 2.75) is 39.2 Å². The molecule has 2 N–H and O–H groups in total. The number of benzene rings is 1. The molecule has 0 heterocycles. The van der Waals surface area contributed by atoms with Crippen molar-refractivity contribution < 1.29 is 0 Å². The highest BCUT2D eigenvalue weighted by atomic mass is 35.5. The SMILES string of the molecule is CC(C)CCN(c1cc(Cl)ccc1N)C1CC1. The van der Waals surface area contributed by atoms with E-state index in [1.165, 1.54) is 19.3 Å². The van der Waals surface area contributed by atoms with Gasteiger partial charge in [-0.2, -0.15) is 0 Å². The van der Waals surface area contributed by atoms with E-state index in [1.54, 1.807) is 0 Å². The number of anilines is 2. The molecular formula is C14H21ClN2. The number of hydrogen-bond acceptors (Lipinski definition) is 2. The van der Waals surface area contributed by atoms with Gasteiger partial charge < -0.3 is 10.6 Å². The van der Waals surface area contributed by atoms with E-state index in [9.17, 15) is 0 Å². The molecule has 3 heteroatoms. The zero-order valence-corrected chi connectivity index (χ0v) is 11.4. The summed E-state index contributed by atoms with van der Waals surface area (Å²) in [6, 6.07) is 6.43. The van der Waals surface area contributed by atoms with Crippen molar-refractivity contribution in [3.05, 3.63) is 23.2 Å². The molecule has 2 rings (SSSR count). The van der Waals surface area contributed by atoms with Crippen molar-refractivity contribution in [1.29, 1.82) is 0 Å². The average molecular weight is 253 g/mol. The minimum absolute atomic E-state index is 0.675. The second kappa shape index (κ2) is 5.18. The standard InChI is InChI=1S/C14H21ClN2/c1-10(2)7-8-17(12-4-5-12)14-9-11(15)3-6-13(14)16/h3,6,9-10,12H,4-5,7-8,16H2,1-2H3. The second-order valence-corrected chi connectivity index (χ2v) is 5.75. The van der Waals surface area contributed by atoms with Crippen LogP contribution in [0.4, 0.5) is 11.4 Å². The highest BCUT2D eigenvalue weighted by Gasteiger charge is 2.30. The van der Waals surface area contributed by atoms with E-state index in [2.05, 4.69) is 18.7 Å². The fourth-order valence-electron chi connectivity index (χ4n) is 2.05. The third kappa shape index (κ3) is 3.29. The largest absolute Gasteiger partial charge is 0.397 e. The Bertz CT molecular complexity index is 386. The van der Waals surface area contributed by atoms with Crippen molar-refractivity contribution in [2.75, 3.05) is 17.2 Å². The average Bonchev–Trinajstić information content (AvgIpc) is 3.07. The summed E-state index contributed by atoms with van der Waals surface area (Å²) in [5.41, 5.74) is 8.01. The Labute approximate surface area is 109 Å². The van der Waals surface area contributed by atoms with Crippen LogP contribution < -0.4 is 10.6 Å². The molecule has 0 saturated heterocycles. The van der Waals surface area contributed by atoms with Gasteiger partial charge in [0.2, 0.25) is 0 Å². The molecule has 0 amide bonds. The van der Waals surface area contributed by atoms with Gasteiger partial charge in [0.25, 0.3) is 0 Å². The van der Waals surface area contributed by atoms with Gasteiger partial charge in [0, 0.05) is 17.6 Å². The van der Waals surface area contributed by atoms with Gasteiger partial charge in [0.05, 0.1) is 11.4 Å². The Balaban J connectivity index is 2.16. The van der Waals surface area contributed by atoms with Gasteiger partial charge in [-0.05, 0) is 43.4 Å². The summed E-state index contributed by atoms with van der Waals surface area (Å²) in [6.45, 7) is 5.59. The molecule has 1 aliphatic carbocycles. The lowest BCUT2D eigenvalue weighted by molar-refractivity contribution is 0.571. The maximum Gasteiger partial charge on any atom is 0.0617 e. The summed E-state index contributed by atoms with van der Waals surface area (Å²) in [4.78, 5) is 2.43. The molecular weight excluding hydrogens is 232 g/mol. The normalized spacial score (nSPS) is 15.3. The highest BCUT2D eigenvalue weighted by Crippen LogP contribution is 2.36. The quantitative estimate of drug-likeness (QED) is 0.805. The summed E-state index contributed by atoms with van der Waals surface area (Å²) in [6.07, 6.45) is 3.76. The van der Waals surface area contributed by atoms with Crippen LogP contribution in [0.25, 0.3) is 0 Å². The van der Waals surface area contributed by atoms with Gasteiger partial charge >= 0.3 is 0 Å². The smallest absolute Gasteiger partial charge is 0.0617 e. The molecule has 1 aromatic rings. The Morgan fingerprint density at radius 3 is 2.71 bits per heavy atom. The molecule has 0 aromatic heterocycles. The number of hydrogen-bond donors (Lipinski definition) is 1. The molecule has 1 aliphatic rings. The van der Waals surface area contributed by atoms with Crippen molar-refractivity contribution in [2.24, 2.45) is 5.92 Å². The summed E-state index contributed by atoms with van der Waals surface area (Å²) in [7, 11) is 0. The fourth-order valence-corrected chi connectivity index (χ4v) is 2.22. The van der Waals surface area contributed by atoms with Crippen LogP contribution in [-0.4, -0.2) is 12.6 Å². The molecule has 0 aliphatic heterocycles. The molecule has 0 spiro atoms. The molecule has 17 heavy (non-hydrogen) atoms. The van der Waals surface area contributed by atoms with Crippen LogP contribution >= 0.6 is 11.6 Å². The molecule has 2 nitrogen and oxygen atoms in total. The van der Waals surface area contributed by atoms with E-state index in [-0.39, 0.29) is 0 Å². The first kappa shape index (κ1) is 12.6. The maximum absolute atomic E-state index is 6.07. The molecule has 1 fully saturated rings. The Hall–Kier alpha value is -0.890. The lowest BCUT2D eigenvalue weighted by atomic mass is 10.1. The molecule has 0 atom stereocenters. The van der Waals surface area contributed by atoms with Crippen LogP contribution in [0.1, 0.15) is 33.1 Å². The third-order valence-corrected chi connectivity index (χ3v) is 3.47. The van der Waals surface area contributed by atoms with E-state index >= 15 is 0 Å². The zero-order valence-electron chi connectivity index (χ0n) is 10.6. The van der Waals surface area contributed by atoms with E-state index in [0.717, 1.165) is 28.9 Å². The lowest BCUT2D eigenvalue weighted by Crippen LogP contribution is -2.28. The van der Waals surface area contributed by atoms with Crippen molar-refractivity contribution in [1.82, 2.24) is 0 Å². The van der Waals surface area contributed by atoms with Crippen molar-refractivity contribution in [3.63, 3.8) is 0 Å². The minimum atomic E-state index is 0.675. The Morgan fingerprint density at radius 1 is 1.41 bits per heavy atom. The Morgan fingerprint density at radius 2 is 2.12 bits per heavy atom. The monoisotopic (exact) mass is 252 g/mol. The predicted octanol–water partition coefficient (Wildman–Crippen LogP) is 3.94. The Kier molecular flexibility index (Phi) is 3.82. The fraction of sp³-hybridized carbons (Fsp3) is 0.571. The van der Waals surface area contributed by atoms with Crippen LogP contribution in [0.2, 0.25) is 5.02 Å². The van der Waals surface area contributed by atoms with E-state index in [4.69, 9.17) is 17.3 Å². The van der Waals surface area contributed by atoms with Gasteiger partial charge in [-0.25, -0.2) is 0 Å². The van der Waals surface area contributed by atoms with Crippen LogP contribution in [-0.2, 0) is 0 Å². The van der Waals surface area contributed by atoms with E-state index in [0.29, 0.717) is 6.04 Å². The first-order valence-electron chi connectivity index (χ1n) is 6.39. The number of nitrogens with zero attached hydrogens (tertiary/aromatic N) is 1. The van der Waals surface area contributed by atoms with Gasteiger partial charge in [-0.3, -0.25) is 0 Å². The maximum atomic E-state index is 6.07. The summed E-state index contributed by atoms with van der Waals surface area (Å²) < 4.78 is 0. The van der Waals surface area contributed by atoms with Crippen molar-refractivity contribution in [3.8, 4) is 0 Å². The summed E-state index contributed by atoms with van der Waals surface area (Å²) >= 11 is 6.07. The first-order chi connectivity index (χ1) is 8.08. The van der Waals surface area contributed by atoms with Crippen LogP contribution in [0.5, 0.6) is 0 Å². The van der Waals surface area contributed by atoms with Gasteiger partial charge in [0.1, 0.15) is 0 Å². The molecule has 0 bridgehead atoms. The van der Waals surface area contributed by atoms with Crippen LogP contribution in [0.15, 0.2) is 18.2 Å². The molecule has 0 radical (unpaired) electrons. The van der Waals surface area contributed by atoms with E-state index < -0.39 is 0 Å². The molecule has 0 unspecified atom stereocenters. The van der Waals surface area contributed by atoms with E-state index in [1.807, 2.05) is 18.2 Å². The lowest BCUT2D eigenvalue weighted by Gasteiger charge is -2.27. The molecule has 94 valence electrons.